The van der Waals surface area contributed by atoms with Crippen molar-refractivity contribution < 1.29 is 13.2 Å². The molecule has 130 valence electrons. The van der Waals surface area contributed by atoms with Crippen molar-refractivity contribution in [2.24, 2.45) is 17.8 Å². The molecule has 1 aromatic rings. The van der Waals surface area contributed by atoms with Crippen molar-refractivity contribution in [2.45, 2.75) is 38.0 Å². The van der Waals surface area contributed by atoms with Gasteiger partial charge in [-0.1, -0.05) is 42.0 Å². The van der Waals surface area contributed by atoms with Crippen molar-refractivity contribution >= 4 is 15.7 Å². The zero-order chi connectivity index (χ0) is 17.5. The molecule has 1 fully saturated rings. The first-order valence-corrected chi connectivity index (χ1v) is 10.5. The lowest BCUT2D eigenvalue weighted by Gasteiger charge is -2.27. The van der Waals surface area contributed by atoms with E-state index >= 15 is 0 Å². The van der Waals surface area contributed by atoms with Gasteiger partial charge in [0.1, 0.15) is 0 Å². The van der Waals surface area contributed by atoms with Gasteiger partial charge in [-0.05, 0) is 44.1 Å². The molecule has 4 nitrogen and oxygen atoms in total. The second kappa shape index (κ2) is 6.36. The smallest absolute Gasteiger partial charge is 0.224 e. The standard InChI is InChI=1S/C19H25NO3S/c1-12-4-7-15(8-5-12)18(13(2)24(3,22)23)20-19(21)17-11-14-6-9-16(17)10-14/h4-9,13-14,16-18H,10-11H2,1-3H3,(H,20,21). The summed E-state index contributed by atoms with van der Waals surface area (Å²) in [6, 6.07) is 7.19. The van der Waals surface area contributed by atoms with Gasteiger partial charge >= 0.3 is 0 Å². The van der Waals surface area contributed by atoms with Gasteiger partial charge in [-0.2, -0.15) is 0 Å². The second-order valence-corrected chi connectivity index (χ2v) is 9.72. The molecule has 0 saturated heterocycles. The molecule has 1 N–H and O–H groups in total. The van der Waals surface area contributed by atoms with Crippen LogP contribution in [0.25, 0.3) is 0 Å². The number of aryl methyl sites for hydroxylation is 1. The van der Waals surface area contributed by atoms with Crippen molar-refractivity contribution in [1.29, 1.82) is 0 Å². The molecule has 0 aliphatic heterocycles. The molecule has 0 spiro atoms. The third-order valence-electron chi connectivity index (χ3n) is 5.49. The van der Waals surface area contributed by atoms with E-state index in [9.17, 15) is 13.2 Å². The Morgan fingerprint density at radius 2 is 1.83 bits per heavy atom. The van der Waals surface area contributed by atoms with Crippen molar-refractivity contribution in [1.82, 2.24) is 5.32 Å². The first-order valence-electron chi connectivity index (χ1n) is 8.50. The number of hydrogen-bond donors (Lipinski definition) is 1. The fourth-order valence-corrected chi connectivity index (χ4v) is 4.55. The molecular formula is C19H25NO3S. The van der Waals surface area contributed by atoms with Gasteiger partial charge in [0.15, 0.2) is 9.84 Å². The molecule has 5 heteroatoms. The summed E-state index contributed by atoms with van der Waals surface area (Å²) in [6.07, 6.45) is 7.49. The molecule has 2 aliphatic rings. The summed E-state index contributed by atoms with van der Waals surface area (Å²) in [4.78, 5) is 12.8. The third-order valence-corrected chi connectivity index (χ3v) is 7.12. The lowest BCUT2D eigenvalue weighted by molar-refractivity contribution is -0.126. The number of hydrogen-bond acceptors (Lipinski definition) is 3. The largest absolute Gasteiger partial charge is 0.348 e. The van der Waals surface area contributed by atoms with Crippen LogP contribution in [0.3, 0.4) is 0 Å². The van der Waals surface area contributed by atoms with Crippen molar-refractivity contribution in [2.75, 3.05) is 6.26 Å². The summed E-state index contributed by atoms with van der Waals surface area (Å²) in [5, 5.41) is 2.37. The minimum absolute atomic E-state index is 0.0204. The number of sulfone groups is 1. The molecule has 24 heavy (non-hydrogen) atoms. The third kappa shape index (κ3) is 3.41. The first-order chi connectivity index (χ1) is 11.3. The van der Waals surface area contributed by atoms with Crippen LogP contribution in [0.15, 0.2) is 36.4 Å². The van der Waals surface area contributed by atoms with Crippen molar-refractivity contribution in [3.05, 3.63) is 47.5 Å². The van der Waals surface area contributed by atoms with Crippen molar-refractivity contribution in [3.63, 3.8) is 0 Å². The average molecular weight is 347 g/mol. The van der Waals surface area contributed by atoms with Gasteiger partial charge in [-0.25, -0.2) is 8.42 Å². The number of carbonyl (C=O) groups excluding carboxylic acids is 1. The van der Waals surface area contributed by atoms with Gasteiger partial charge in [0.25, 0.3) is 0 Å². The Morgan fingerprint density at radius 1 is 1.17 bits per heavy atom. The molecule has 3 rings (SSSR count). The molecular weight excluding hydrogens is 322 g/mol. The zero-order valence-corrected chi connectivity index (χ0v) is 15.2. The SMILES string of the molecule is Cc1ccc(C(NC(=O)C2CC3C=CC2C3)C(C)S(C)(=O)=O)cc1. The fraction of sp³-hybridized carbons (Fsp3) is 0.526. The van der Waals surface area contributed by atoms with E-state index in [0.717, 1.165) is 24.0 Å². The monoisotopic (exact) mass is 347 g/mol. The Kier molecular flexibility index (Phi) is 4.56. The molecule has 2 aliphatic carbocycles. The number of benzene rings is 1. The van der Waals surface area contributed by atoms with Crippen LogP contribution < -0.4 is 5.32 Å². The summed E-state index contributed by atoms with van der Waals surface area (Å²) < 4.78 is 24.2. The Hall–Kier alpha value is -1.62. The maximum atomic E-state index is 12.8. The Labute approximate surface area is 144 Å². The topological polar surface area (TPSA) is 63.2 Å². The molecule has 5 unspecified atom stereocenters. The summed E-state index contributed by atoms with van der Waals surface area (Å²) in [6.45, 7) is 3.65. The van der Waals surface area contributed by atoms with E-state index in [1.165, 1.54) is 6.26 Å². The predicted molar refractivity (Wildman–Crippen MR) is 95.2 cm³/mol. The second-order valence-electron chi connectivity index (χ2n) is 7.32. The Morgan fingerprint density at radius 3 is 2.33 bits per heavy atom. The highest BCUT2D eigenvalue weighted by Crippen LogP contribution is 2.43. The predicted octanol–water partition coefficient (Wildman–Crippen LogP) is 2.80. The van der Waals surface area contributed by atoms with Crippen LogP contribution >= 0.6 is 0 Å². The minimum atomic E-state index is -3.27. The molecule has 2 bridgehead atoms. The van der Waals surface area contributed by atoms with E-state index in [2.05, 4.69) is 17.5 Å². The molecule has 0 radical (unpaired) electrons. The molecule has 5 atom stereocenters. The molecule has 1 saturated carbocycles. The number of amides is 1. The summed E-state index contributed by atoms with van der Waals surface area (Å²) in [7, 11) is -3.27. The highest BCUT2D eigenvalue weighted by atomic mass is 32.2. The van der Waals surface area contributed by atoms with Gasteiger partial charge < -0.3 is 5.32 Å². The van der Waals surface area contributed by atoms with E-state index in [4.69, 9.17) is 0 Å². The summed E-state index contributed by atoms with van der Waals surface area (Å²) in [5.41, 5.74) is 1.94. The van der Waals surface area contributed by atoms with Crippen molar-refractivity contribution in [3.8, 4) is 0 Å². The molecule has 1 aromatic carbocycles. The normalized spacial score (nSPS) is 27.9. The van der Waals surface area contributed by atoms with Crippen LogP contribution in [-0.4, -0.2) is 25.8 Å². The highest BCUT2D eigenvalue weighted by molar-refractivity contribution is 7.91. The molecule has 0 heterocycles. The molecule has 1 amide bonds. The number of nitrogens with one attached hydrogen (secondary N) is 1. The van der Waals surface area contributed by atoms with Crippen LogP contribution in [0.2, 0.25) is 0 Å². The number of rotatable bonds is 5. The minimum Gasteiger partial charge on any atom is -0.348 e. The first kappa shape index (κ1) is 17.2. The number of fused-ring (bicyclic) bond motifs is 2. The lowest BCUT2D eigenvalue weighted by atomic mass is 9.92. The highest BCUT2D eigenvalue weighted by Gasteiger charge is 2.41. The van der Waals surface area contributed by atoms with Gasteiger partial charge in [0.05, 0.1) is 11.3 Å². The summed E-state index contributed by atoms with van der Waals surface area (Å²) in [5.74, 6) is 0.769. The maximum Gasteiger partial charge on any atom is 0.224 e. The van der Waals surface area contributed by atoms with E-state index in [1.54, 1.807) is 6.92 Å². The van der Waals surface area contributed by atoms with Crippen LogP contribution in [0.1, 0.15) is 36.9 Å². The Bertz CT molecular complexity index is 751. The summed E-state index contributed by atoms with van der Waals surface area (Å²) >= 11 is 0. The maximum absolute atomic E-state index is 12.8. The quantitative estimate of drug-likeness (QED) is 0.833. The Balaban J connectivity index is 1.83. The molecule has 0 aromatic heterocycles. The van der Waals surface area contributed by atoms with Crippen LogP contribution in [0.5, 0.6) is 0 Å². The van der Waals surface area contributed by atoms with E-state index < -0.39 is 21.1 Å². The van der Waals surface area contributed by atoms with Crippen LogP contribution in [0, 0.1) is 24.7 Å². The van der Waals surface area contributed by atoms with E-state index in [1.807, 2.05) is 31.2 Å². The average Bonchev–Trinajstić information content (AvgIpc) is 3.15. The van der Waals surface area contributed by atoms with Gasteiger partial charge in [0.2, 0.25) is 5.91 Å². The van der Waals surface area contributed by atoms with E-state index in [0.29, 0.717) is 11.8 Å². The van der Waals surface area contributed by atoms with Crippen LogP contribution in [0.4, 0.5) is 0 Å². The van der Waals surface area contributed by atoms with Gasteiger partial charge in [0, 0.05) is 12.2 Å². The zero-order valence-electron chi connectivity index (χ0n) is 14.4. The van der Waals surface area contributed by atoms with E-state index in [-0.39, 0.29) is 11.8 Å². The number of allylic oxidation sites excluding steroid dienone is 2. The van der Waals surface area contributed by atoms with Crippen LogP contribution in [-0.2, 0) is 14.6 Å². The number of carbonyl (C=O) groups is 1. The van der Waals surface area contributed by atoms with Gasteiger partial charge in [-0.3, -0.25) is 4.79 Å². The van der Waals surface area contributed by atoms with Gasteiger partial charge in [-0.15, -0.1) is 0 Å². The lowest BCUT2D eigenvalue weighted by Crippen LogP contribution is -2.42. The fourth-order valence-electron chi connectivity index (χ4n) is 3.84.